The number of rotatable bonds is 66. The summed E-state index contributed by atoms with van der Waals surface area (Å²) >= 11 is 0. The lowest BCUT2D eigenvalue weighted by atomic mass is 10.0. The number of carbonyl (C=O) groups excluding carboxylic acids is 2. The van der Waals surface area contributed by atoms with E-state index in [9.17, 15) is 19.0 Å². The van der Waals surface area contributed by atoms with Gasteiger partial charge in [-0.15, -0.1) is 0 Å². The van der Waals surface area contributed by atoms with E-state index in [1.807, 2.05) is 33.3 Å². The zero-order valence-corrected chi connectivity index (χ0v) is 57.7. The highest BCUT2D eigenvalue weighted by molar-refractivity contribution is 7.47. The molecule has 0 rings (SSSR count). The van der Waals surface area contributed by atoms with E-state index in [1.165, 1.54) is 218 Å². The van der Waals surface area contributed by atoms with Crippen molar-refractivity contribution in [3.8, 4) is 0 Å². The number of nitrogens with zero attached hydrogens (tertiary/aromatic N) is 1. The second-order valence-corrected chi connectivity index (χ2v) is 27.2. The Hall–Kier alpha value is -2.55. The molecular formula is C75H140N2O7P+. The molecule has 0 fully saturated rings. The van der Waals surface area contributed by atoms with Gasteiger partial charge in [0.25, 0.3) is 0 Å². The van der Waals surface area contributed by atoms with Crippen LogP contribution in [0.5, 0.6) is 0 Å². The topological polar surface area (TPSA) is 111 Å². The molecule has 2 N–H and O–H groups in total. The number of ether oxygens (including phenoxy) is 1. The first-order valence-corrected chi connectivity index (χ1v) is 37.8. The van der Waals surface area contributed by atoms with Crippen molar-refractivity contribution in [3.63, 3.8) is 0 Å². The quantitative estimate of drug-likeness (QED) is 0.0205. The fourth-order valence-corrected chi connectivity index (χ4v) is 11.2. The van der Waals surface area contributed by atoms with E-state index in [0.717, 1.165) is 89.9 Å². The predicted octanol–water partition coefficient (Wildman–Crippen LogP) is 23.1. The number of amides is 1. The summed E-state index contributed by atoms with van der Waals surface area (Å²) in [5.41, 5.74) is 0. The Labute approximate surface area is 527 Å². The van der Waals surface area contributed by atoms with Gasteiger partial charge < -0.3 is 19.4 Å². The summed E-state index contributed by atoms with van der Waals surface area (Å²) in [5.74, 6) is -0.502. The summed E-state index contributed by atoms with van der Waals surface area (Å²) in [7, 11) is 1.50. The number of likely N-dealkylation sites (N-methyl/N-ethyl adjacent to an activating group) is 1. The molecule has 0 aromatic rings. The Morgan fingerprint density at radius 1 is 0.412 bits per heavy atom. The van der Waals surface area contributed by atoms with Gasteiger partial charge in [0.1, 0.15) is 19.3 Å². The molecule has 0 radical (unpaired) electrons. The molecule has 0 spiro atoms. The van der Waals surface area contributed by atoms with E-state index in [4.69, 9.17) is 13.8 Å². The summed E-state index contributed by atoms with van der Waals surface area (Å²) in [6, 6.07) is -0.855. The van der Waals surface area contributed by atoms with Crippen LogP contribution in [-0.4, -0.2) is 74.3 Å². The van der Waals surface area contributed by atoms with Gasteiger partial charge >= 0.3 is 13.8 Å². The van der Waals surface area contributed by atoms with Crippen LogP contribution in [0.4, 0.5) is 0 Å². The minimum absolute atomic E-state index is 0.0377. The molecule has 0 aliphatic carbocycles. The normalized spacial score (nSPS) is 13.9. The predicted molar refractivity (Wildman–Crippen MR) is 369 cm³/mol. The van der Waals surface area contributed by atoms with Crippen LogP contribution < -0.4 is 5.32 Å². The lowest BCUT2D eigenvalue weighted by Gasteiger charge is -2.27. The molecule has 496 valence electrons. The van der Waals surface area contributed by atoms with E-state index < -0.39 is 20.0 Å². The summed E-state index contributed by atoms with van der Waals surface area (Å²) < 4.78 is 30.9. The molecule has 85 heavy (non-hydrogen) atoms. The third-order valence-electron chi connectivity index (χ3n) is 16.1. The molecule has 0 aliphatic rings. The number of carbonyl (C=O) groups is 2. The van der Waals surface area contributed by atoms with E-state index in [2.05, 4.69) is 86.8 Å². The Bertz CT molecular complexity index is 1680. The third-order valence-corrected chi connectivity index (χ3v) is 17.1. The molecule has 0 bridgehead atoms. The van der Waals surface area contributed by atoms with Crippen LogP contribution in [-0.2, 0) is 27.9 Å². The summed E-state index contributed by atoms with van der Waals surface area (Å²) in [5, 5.41) is 3.07. The van der Waals surface area contributed by atoms with Gasteiger partial charge in [-0.3, -0.25) is 18.6 Å². The number of allylic oxidation sites excluding steroid dienone is 11. The SMILES string of the molecule is CCCCC/C=C\C/C=C\C/C=C\CCCCCCCCCCC(=O)NC(COP(=O)(O)OCC[N+](C)(C)C)C(/C=C/CCCCCCCCCCCCC)OC(=O)CCCCCCCCCCCCCCCCC/C=C\C/C=C\CCCCC. The van der Waals surface area contributed by atoms with Crippen molar-refractivity contribution in [1.29, 1.82) is 0 Å². The van der Waals surface area contributed by atoms with Gasteiger partial charge in [-0.2, -0.15) is 0 Å². The smallest absolute Gasteiger partial charge is 0.456 e. The van der Waals surface area contributed by atoms with Gasteiger partial charge in [0, 0.05) is 12.8 Å². The standard InChI is InChI=1S/C75H139N2O7P/c1-7-10-13-16-19-22-25-28-30-32-34-36-37-38-39-41-43-45-47-50-53-56-59-62-65-68-75(79)84-73(66-63-60-57-54-51-48-27-24-21-18-15-12-9-3)72(71-83-85(80,81)82-70-69-77(4,5)6)76-74(78)67-64-61-58-55-52-49-46-44-42-40-35-33-31-29-26-23-20-17-14-11-8-2/h19-20,22-23,28-31,35,40,63,66,72-73H,7-18,21,24-27,32-34,36-39,41-62,64-65,67-71H2,1-6H3,(H-,76,78,80,81)/p+1/b22-19-,23-20-,30-28-,31-29-,40-35-,66-63+. The fourth-order valence-electron chi connectivity index (χ4n) is 10.5. The number of phosphoric acid groups is 1. The number of unbranched alkanes of at least 4 members (excludes halogenated alkanes) is 40. The second-order valence-electron chi connectivity index (χ2n) is 25.8. The van der Waals surface area contributed by atoms with Crippen LogP contribution in [0.25, 0.3) is 0 Å². The van der Waals surface area contributed by atoms with Gasteiger partial charge in [-0.1, -0.05) is 299 Å². The van der Waals surface area contributed by atoms with Gasteiger partial charge in [0.05, 0.1) is 33.8 Å². The van der Waals surface area contributed by atoms with Crippen molar-refractivity contribution in [2.24, 2.45) is 0 Å². The highest BCUT2D eigenvalue weighted by atomic mass is 31.2. The molecule has 0 aliphatic heterocycles. The lowest BCUT2D eigenvalue weighted by Crippen LogP contribution is -2.47. The van der Waals surface area contributed by atoms with E-state index in [0.29, 0.717) is 17.4 Å². The van der Waals surface area contributed by atoms with E-state index in [1.54, 1.807) is 0 Å². The van der Waals surface area contributed by atoms with Crippen molar-refractivity contribution >= 4 is 19.7 Å². The Morgan fingerprint density at radius 3 is 1.09 bits per heavy atom. The van der Waals surface area contributed by atoms with E-state index >= 15 is 0 Å². The Kier molecular flexibility index (Phi) is 62.5. The average Bonchev–Trinajstić information content (AvgIpc) is 3.50. The average molecular weight is 1210 g/mol. The fraction of sp³-hybridized carbons (Fsp3) is 0.813. The summed E-state index contributed by atoms with van der Waals surface area (Å²) in [6.45, 7) is 7.00. The zero-order chi connectivity index (χ0) is 62.1. The van der Waals surface area contributed by atoms with Gasteiger partial charge in [0.15, 0.2) is 0 Å². The molecule has 0 saturated carbocycles. The highest BCUT2D eigenvalue weighted by Crippen LogP contribution is 2.43. The first kappa shape index (κ1) is 82.5. The summed E-state index contributed by atoms with van der Waals surface area (Å²) in [6.07, 6.45) is 84.8. The van der Waals surface area contributed by atoms with Crippen LogP contribution in [0.15, 0.2) is 72.9 Å². The minimum Gasteiger partial charge on any atom is -0.456 e. The number of hydrogen-bond acceptors (Lipinski definition) is 6. The highest BCUT2D eigenvalue weighted by Gasteiger charge is 2.30. The van der Waals surface area contributed by atoms with Crippen LogP contribution in [0.3, 0.4) is 0 Å². The largest absolute Gasteiger partial charge is 0.472 e. The maximum Gasteiger partial charge on any atom is 0.472 e. The summed E-state index contributed by atoms with van der Waals surface area (Å²) in [4.78, 5) is 37.9. The molecule has 0 saturated heterocycles. The number of esters is 1. The van der Waals surface area contributed by atoms with Gasteiger partial charge in [0.2, 0.25) is 5.91 Å². The first-order valence-electron chi connectivity index (χ1n) is 36.3. The van der Waals surface area contributed by atoms with Crippen LogP contribution in [0, 0.1) is 0 Å². The molecule has 0 heterocycles. The maximum atomic E-state index is 13.6. The lowest BCUT2D eigenvalue weighted by molar-refractivity contribution is -0.870. The van der Waals surface area contributed by atoms with E-state index in [-0.39, 0.29) is 31.5 Å². The van der Waals surface area contributed by atoms with Crippen LogP contribution in [0.2, 0.25) is 0 Å². The van der Waals surface area contributed by atoms with Crippen molar-refractivity contribution in [2.75, 3.05) is 40.9 Å². The molecule has 10 heteroatoms. The number of hydrogen-bond donors (Lipinski definition) is 2. The molecule has 3 unspecified atom stereocenters. The first-order chi connectivity index (χ1) is 41.4. The van der Waals surface area contributed by atoms with Crippen LogP contribution in [0.1, 0.15) is 342 Å². The van der Waals surface area contributed by atoms with Crippen molar-refractivity contribution in [3.05, 3.63) is 72.9 Å². The van der Waals surface area contributed by atoms with Gasteiger partial charge in [-0.25, -0.2) is 4.57 Å². The molecule has 9 nitrogen and oxygen atoms in total. The molecular weight excluding hydrogens is 1070 g/mol. The molecule has 1 amide bonds. The maximum absolute atomic E-state index is 13.6. The minimum atomic E-state index is -4.46. The number of quaternary nitrogens is 1. The Balaban J connectivity index is 5.09. The van der Waals surface area contributed by atoms with Crippen molar-refractivity contribution in [1.82, 2.24) is 5.32 Å². The third kappa shape index (κ3) is 65.7. The number of phosphoric ester groups is 1. The molecule has 0 aromatic carbocycles. The number of nitrogens with one attached hydrogen (secondary N) is 1. The Morgan fingerprint density at radius 2 is 0.718 bits per heavy atom. The molecule has 0 aromatic heterocycles. The zero-order valence-electron chi connectivity index (χ0n) is 56.9. The van der Waals surface area contributed by atoms with Crippen molar-refractivity contribution in [2.45, 2.75) is 354 Å². The monoisotopic (exact) mass is 1210 g/mol. The van der Waals surface area contributed by atoms with Crippen LogP contribution >= 0.6 is 7.82 Å². The van der Waals surface area contributed by atoms with Crippen molar-refractivity contribution < 1.29 is 37.3 Å². The molecule has 3 atom stereocenters. The van der Waals surface area contributed by atoms with Gasteiger partial charge in [-0.05, 0) is 102 Å². The second kappa shape index (κ2) is 64.4.